The fourth-order valence-electron chi connectivity index (χ4n) is 2.44. The van der Waals surface area contributed by atoms with Gasteiger partial charge in [0.25, 0.3) is 0 Å². The van der Waals surface area contributed by atoms with Crippen LogP contribution in [-0.2, 0) is 6.54 Å². The molecule has 6 nitrogen and oxygen atoms in total. The normalized spacial score (nSPS) is 12.7. The molecule has 0 saturated heterocycles. The van der Waals surface area contributed by atoms with Gasteiger partial charge in [0.1, 0.15) is 0 Å². The molecule has 0 bridgehead atoms. The van der Waals surface area contributed by atoms with Crippen molar-refractivity contribution < 1.29 is 0 Å². The highest BCUT2D eigenvalue weighted by Gasteiger charge is 2.14. The molecule has 2 N–H and O–H groups in total. The Bertz CT molecular complexity index is 849. The summed E-state index contributed by atoms with van der Waals surface area (Å²) in [5.41, 5.74) is 9.89. The first-order valence-electron chi connectivity index (χ1n) is 6.78. The van der Waals surface area contributed by atoms with Crippen molar-refractivity contribution in [2.75, 3.05) is 0 Å². The first kappa shape index (κ1) is 13.5. The Balaban J connectivity index is 1.96. The first-order valence-corrected chi connectivity index (χ1v) is 6.78. The quantitative estimate of drug-likeness (QED) is 0.783. The van der Waals surface area contributed by atoms with E-state index >= 15 is 0 Å². The number of hydrogen-bond donors (Lipinski definition) is 1. The van der Waals surface area contributed by atoms with Gasteiger partial charge in [-0.25, -0.2) is 13.9 Å². The molecule has 2 heterocycles. The molecule has 0 spiro atoms. The van der Waals surface area contributed by atoms with Gasteiger partial charge >= 0.3 is 5.69 Å². The molecule has 1 unspecified atom stereocenters. The van der Waals surface area contributed by atoms with Crippen molar-refractivity contribution in [2.24, 2.45) is 5.73 Å². The highest BCUT2D eigenvalue weighted by molar-refractivity contribution is 5.34. The van der Waals surface area contributed by atoms with Crippen molar-refractivity contribution in [3.63, 3.8) is 0 Å². The van der Waals surface area contributed by atoms with E-state index in [1.807, 2.05) is 26.0 Å². The fraction of sp³-hybridized carbons (Fsp3) is 0.267. The van der Waals surface area contributed by atoms with Crippen molar-refractivity contribution in [2.45, 2.75) is 26.4 Å². The SMILES string of the molecule is Cc1ccc(C)c(C(N)Cn2nc3cnccn3c2=O)c1. The summed E-state index contributed by atoms with van der Waals surface area (Å²) in [6.07, 6.45) is 4.72. The summed E-state index contributed by atoms with van der Waals surface area (Å²) in [6.45, 7) is 4.38. The molecule has 1 aromatic carbocycles. The van der Waals surface area contributed by atoms with Gasteiger partial charge in [0.2, 0.25) is 0 Å². The van der Waals surface area contributed by atoms with Gasteiger partial charge in [-0.3, -0.25) is 4.98 Å². The summed E-state index contributed by atoms with van der Waals surface area (Å²) in [5.74, 6) is 0. The maximum atomic E-state index is 12.2. The average Bonchev–Trinajstić information content (AvgIpc) is 2.78. The highest BCUT2D eigenvalue weighted by Crippen LogP contribution is 2.18. The lowest BCUT2D eigenvalue weighted by molar-refractivity contribution is 0.511. The molecule has 2 aromatic heterocycles. The third kappa shape index (κ3) is 2.45. The lowest BCUT2D eigenvalue weighted by Gasteiger charge is -2.14. The van der Waals surface area contributed by atoms with Crippen LogP contribution in [-0.4, -0.2) is 19.2 Å². The van der Waals surface area contributed by atoms with E-state index in [1.165, 1.54) is 9.08 Å². The standard InChI is InChI=1S/C15H17N5O/c1-10-3-4-11(2)12(7-10)13(16)9-20-15(21)19-6-5-17-8-14(19)18-20/h3-8,13H,9,16H2,1-2H3. The topological polar surface area (TPSA) is 78.2 Å². The van der Waals surface area contributed by atoms with Gasteiger partial charge in [-0.1, -0.05) is 23.8 Å². The molecular formula is C15H17N5O. The monoisotopic (exact) mass is 283 g/mol. The molecule has 0 amide bonds. The molecule has 3 rings (SSSR count). The summed E-state index contributed by atoms with van der Waals surface area (Å²) in [5, 5.41) is 4.25. The minimum atomic E-state index is -0.277. The highest BCUT2D eigenvalue weighted by atomic mass is 16.2. The van der Waals surface area contributed by atoms with Crippen LogP contribution in [0.1, 0.15) is 22.7 Å². The zero-order valence-corrected chi connectivity index (χ0v) is 12.0. The number of fused-ring (bicyclic) bond motifs is 1. The van der Waals surface area contributed by atoms with Crippen LogP contribution >= 0.6 is 0 Å². The molecule has 3 aromatic rings. The number of aromatic nitrogens is 4. The maximum absolute atomic E-state index is 12.2. The summed E-state index contributed by atoms with van der Waals surface area (Å²) in [4.78, 5) is 16.2. The molecule has 0 fully saturated rings. The second-order valence-electron chi connectivity index (χ2n) is 5.24. The van der Waals surface area contributed by atoms with E-state index in [9.17, 15) is 4.79 Å². The van der Waals surface area contributed by atoms with E-state index in [1.54, 1.807) is 18.6 Å². The maximum Gasteiger partial charge on any atom is 0.350 e. The average molecular weight is 283 g/mol. The summed E-state index contributed by atoms with van der Waals surface area (Å²) in [7, 11) is 0. The minimum absolute atomic E-state index is 0.201. The van der Waals surface area contributed by atoms with Crippen LogP contribution in [0.4, 0.5) is 0 Å². The number of hydrogen-bond acceptors (Lipinski definition) is 4. The Morgan fingerprint density at radius 2 is 2.14 bits per heavy atom. The van der Waals surface area contributed by atoms with Gasteiger partial charge in [0, 0.05) is 18.4 Å². The molecule has 21 heavy (non-hydrogen) atoms. The van der Waals surface area contributed by atoms with Crippen molar-refractivity contribution in [1.29, 1.82) is 0 Å². The Kier molecular flexibility index (Phi) is 3.31. The molecule has 0 aliphatic carbocycles. The van der Waals surface area contributed by atoms with Gasteiger partial charge in [0.15, 0.2) is 5.65 Å². The molecule has 0 saturated carbocycles. The molecular weight excluding hydrogens is 266 g/mol. The van der Waals surface area contributed by atoms with Crippen molar-refractivity contribution in [1.82, 2.24) is 19.2 Å². The molecule has 0 radical (unpaired) electrons. The van der Waals surface area contributed by atoms with E-state index in [0.717, 1.165) is 16.7 Å². The third-order valence-electron chi connectivity index (χ3n) is 3.59. The Labute approximate surface area is 121 Å². The number of rotatable bonds is 3. The van der Waals surface area contributed by atoms with E-state index in [-0.39, 0.29) is 11.7 Å². The molecule has 1 atom stereocenters. The van der Waals surface area contributed by atoms with Gasteiger partial charge in [0.05, 0.1) is 12.7 Å². The van der Waals surface area contributed by atoms with Crippen molar-refractivity contribution >= 4 is 5.65 Å². The smallest absolute Gasteiger partial charge is 0.322 e. The molecule has 108 valence electrons. The fourth-order valence-corrected chi connectivity index (χ4v) is 2.44. The van der Waals surface area contributed by atoms with Crippen LogP contribution in [0, 0.1) is 13.8 Å². The predicted molar refractivity (Wildman–Crippen MR) is 80.1 cm³/mol. The van der Waals surface area contributed by atoms with E-state index in [4.69, 9.17) is 5.73 Å². The summed E-state index contributed by atoms with van der Waals surface area (Å²) >= 11 is 0. The van der Waals surface area contributed by atoms with Crippen LogP contribution in [0.2, 0.25) is 0 Å². The van der Waals surface area contributed by atoms with Crippen LogP contribution in [0.5, 0.6) is 0 Å². The molecule has 6 heteroatoms. The van der Waals surface area contributed by atoms with Crippen molar-refractivity contribution in [3.05, 3.63) is 64.0 Å². The zero-order chi connectivity index (χ0) is 15.0. The van der Waals surface area contributed by atoms with Crippen LogP contribution in [0.15, 0.2) is 41.6 Å². The van der Waals surface area contributed by atoms with Crippen molar-refractivity contribution in [3.8, 4) is 0 Å². The van der Waals surface area contributed by atoms with E-state index in [0.29, 0.717) is 12.2 Å². The lowest BCUT2D eigenvalue weighted by Crippen LogP contribution is -2.27. The largest absolute Gasteiger partial charge is 0.350 e. The number of benzene rings is 1. The predicted octanol–water partition coefficient (Wildman–Crippen LogP) is 1.21. The first-order chi connectivity index (χ1) is 10.1. The second-order valence-corrected chi connectivity index (χ2v) is 5.24. The van der Waals surface area contributed by atoms with Gasteiger partial charge < -0.3 is 5.73 Å². The van der Waals surface area contributed by atoms with E-state index < -0.39 is 0 Å². The molecule has 0 aliphatic rings. The van der Waals surface area contributed by atoms with Crippen LogP contribution in [0.25, 0.3) is 5.65 Å². The van der Waals surface area contributed by atoms with Crippen LogP contribution < -0.4 is 11.4 Å². The molecule has 0 aliphatic heterocycles. The van der Waals surface area contributed by atoms with E-state index in [2.05, 4.69) is 16.1 Å². The zero-order valence-electron chi connectivity index (χ0n) is 12.0. The third-order valence-corrected chi connectivity index (χ3v) is 3.59. The van der Waals surface area contributed by atoms with Crippen LogP contribution in [0.3, 0.4) is 0 Å². The summed E-state index contributed by atoms with van der Waals surface area (Å²) < 4.78 is 2.85. The Morgan fingerprint density at radius 3 is 2.90 bits per heavy atom. The minimum Gasteiger partial charge on any atom is -0.322 e. The van der Waals surface area contributed by atoms with Gasteiger partial charge in [-0.05, 0) is 25.0 Å². The Morgan fingerprint density at radius 1 is 1.33 bits per heavy atom. The number of aryl methyl sites for hydroxylation is 2. The Hall–Kier alpha value is -2.47. The second kappa shape index (κ2) is 5.14. The van der Waals surface area contributed by atoms with Gasteiger partial charge in [-0.15, -0.1) is 5.10 Å². The number of nitrogens with two attached hydrogens (primary N) is 1. The van der Waals surface area contributed by atoms with Gasteiger partial charge in [-0.2, -0.15) is 0 Å². The number of nitrogens with zero attached hydrogens (tertiary/aromatic N) is 4. The lowest BCUT2D eigenvalue weighted by atomic mass is 9.99. The summed E-state index contributed by atoms with van der Waals surface area (Å²) in [6, 6.07) is 5.87.